The Kier molecular flexibility index (Phi) is 5.08. The van der Waals surface area contributed by atoms with Crippen LogP contribution >= 0.6 is 0 Å². The predicted octanol–water partition coefficient (Wildman–Crippen LogP) is 2.49. The Morgan fingerprint density at radius 2 is 2.00 bits per heavy atom. The number of nitrogens with zero attached hydrogens (tertiary/aromatic N) is 3. The number of benzene rings is 1. The Morgan fingerprint density at radius 3 is 2.61 bits per heavy atom. The normalized spacial score (nSPS) is 16.4. The molecule has 0 spiro atoms. The van der Waals surface area contributed by atoms with Crippen molar-refractivity contribution in [3.05, 3.63) is 48.5 Å². The summed E-state index contributed by atoms with van der Waals surface area (Å²) in [5, 5.41) is 0. The monoisotopic (exact) mass is 313 g/mol. The maximum Gasteiger partial charge on any atom is 0.176 e. The van der Waals surface area contributed by atoms with Crippen LogP contribution in [-0.4, -0.2) is 47.0 Å². The Balaban J connectivity index is 1.47. The van der Waals surface area contributed by atoms with Crippen molar-refractivity contribution in [2.45, 2.75) is 19.4 Å². The average molecular weight is 313 g/mol. The third-order valence-corrected chi connectivity index (χ3v) is 4.51. The molecule has 0 unspecified atom stereocenters. The topological polar surface area (TPSA) is 47.4 Å². The minimum absolute atomic E-state index is 0.181. The van der Waals surface area contributed by atoms with Crippen molar-refractivity contribution in [1.82, 2.24) is 14.5 Å². The number of imidazole rings is 1. The molecule has 122 valence electrons. The second-order valence-electron chi connectivity index (χ2n) is 6.13. The summed E-state index contributed by atoms with van der Waals surface area (Å²) in [5.41, 5.74) is 0.756. The van der Waals surface area contributed by atoms with Gasteiger partial charge in [0.05, 0.1) is 20.0 Å². The van der Waals surface area contributed by atoms with Crippen molar-refractivity contribution in [2.75, 3.05) is 26.7 Å². The van der Waals surface area contributed by atoms with Gasteiger partial charge in [-0.1, -0.05) is 0 Å². The zero-order chi connectivity index (χ0) is 16.1. The van der Waals surface area contributed by atoms with E-state index in [0.29, 0.717) is 12.5 Å². The van der Waals surface area contributed by atoms with Gasteiger partial charge >= 0.3 is 0 Å². The summed E-state index contributed by atoms with van der Waals surface area (Å²) in [6.07, 6.45) is 7.98. The lowest BCUT2D eigenvalue weighted by Gasteiger charge is -2.31. The van der Waals surface area contributed by atoms with Crippen LogP contribution in [0.2, 0.25) is 0 Å². The number of aromatic nitrogens is 2. The molecule has 23 heavy (non-hydrogen) atoms. The zero-order valence-corrected chi connectivity index (χ0v) is 13.5. The van der Waals surface area contributed by atoms with Gasteiger partial charge in [0.2, 0.25) is 0 Å². The standard InChI is InChI=1S/C18H23N3O2/c1-23-17-4-2-16(3-5-17)18(22)13-20-9-6-15(7-10-20)12-21-11-8-19-14-21/h2-5,8,11,14-15H,6-7,9-10,12-13H2,1H3. The number of carbonyl (C=O) groups excluding carboxylic acids is 1. The van der Waals surface area contributed by atoms with Gasteiger partial charge in [-0.15, -0.1) is 0 Å². The van der Waals surface area contributed by atoms with Crippen LogP contribution < -0.4 is 4.74 Å². The van der Waals surface area contributed by atoms with Gasteiger partial charge in [0, 0.05) is 24.5 Å². The first-order valence-electron chi connectivity index (χ1n) is 8.10. The average Bonchev–Trinajstić information content (AvgIpc) is 3.10. The summed E-state index contributed by atoms with van der Waals surface area (Å²) in [6, 6.07) is 7.36. The molecule has 1 aromatic heterocycles. The Hall–Kier alpha value is -2.14. The summed E-state index contributed by atoms with van der Waals surface area (Å²) < 4.78 is 7.27. The van der Waals surface area contributed by atoms with Crippen LogP contribution in [-0.2, 0) is 6.54 Å². The minimum atomic E-state index is 0.181. The highest BCUT2D eigenvalue weighted by Gasteiger charge is 2.21. The first kappa shape index (κ1) is 15.7. The largest absolute Gasteiger partial charge is 0.497 e. The molecular weight excluding hydrogens is 290 g/mol. The van der Waals surface area contributed by atoms with E-state index < -0.39 is 0 Å². The minimum Gasteiger partial charge on any atom is -0.497 e. The number of Topliss-reactive ketones (excluding diaryl/α,β-unsaturated/α-hetero) is 1. The van der Waals surface area contributed by atoms with Gasteiger partial charge in [0.25, 0.3) is 0 Å². The molecule has 1 saturated heterocycles. The lowest BCUT2D eigenvalue weighted by molar-refractivity contribution is 0.0890. The van der Waals surface area contributed by atoms with Gasteiger partial charge in [-0.05, 0) is 56.1 Å². The van der Waals surface area contributed by atoms with E-state index in [2.05, 4.69) is 14.5 Å². The highest BCUT2D eigenvalue weighted by molar-refractivity contribution is 5.97. The van der Waals surface area contributed by atoms with Crippen molar-refractivity contribution in [1.29, 1.82) is 0 Å². The smallest absolute Gasteiger partial charge is 0.176 e. The number of piperidine rings is 1. The number of carbonyl (C=O) groups is 1. The molecule has 0 bridgehead atoms. The maximum absolute atomic E-state index is 12.4. The molecule has 0 radical (unpaired) electrons. The summed E-state index contributed by atoms with van der Waals surface area (Å²) in [7, 11) is 1.63. The van der Waals surface area contributed by atoms with Crippen molar-refractivity contribution in [3.63, 3.8) is 0 Å². The number of hydrogen-bond acceptors (Lipinski definition) is 4. The lowest BCUT2D eigenvalue weighted by Crippen LogP contribution is -2.38. The van der Waals surface area contributed by atoms with Crippen LogP contribution in [0.4, 0.5) is 0 Å². The first-order chi connectivity index (χ1) is 11.2. The third kappa shape index (κ3) is 4.20. The van der Waals surface area contributed by atoms with Crippen molar-refractivity contribution in [3.8, 4) is 5.75 Å². The molecule has 1 aromatic carbocycles. The van der Waals surface area contributed by atoms with Gasteiger partial charge in [-0.2, -0.15) is 0 Å². The molecule has 0 aliphatic carbocycles. The van der Waals surface area contributed by atoms with E-state index in [4.69, 9.17) is 4.74 Å². The SMILES string of the molecule is COc1ccc(C(=O)CN2CCC(Cn3ccnc3)CC2)cc1. The first-order valence-corrected chi connectivity index (χ1v) is 8.10. The van der Waals surface area contributed by atoms with Crippen LogP contribution in [0.25, 0.3) is 0 Å². The van der Waals surface area contributed by atoms with Crippen LogP contribution in [0.5, 0.6) is 5.75 Å². The lowest BCUT2D eigenvalue weighted by atomic mass is 9.96. The van der Waals surface area contributed by atoms with Gasteiger partial charge in [-0.25, -0.2) is 4.98 Å². The second-order valence-corrected chi connectivity index (χ2v) is 6.13. The fourth-order valence-electron chi connectivity index (χ4n) is 3.09. The molecule has 2 aromatic rings. The molecule has 2 heterocycles. The van der Waals surface area contributed by atoms with E-state index >= 15 is 0 Å². The Labute approximate surface area is 136 Å². The van der Waals surface area contributed by atoms with E-state index in [1.54, 1.807) is 7.11 Å². The molecule has 0 saturated carbocycles. The van der Waals surface area contributed by atoms with Crippen LogP contribution in [0.1, 0.15) is 23.2 Å². The van der Waals surface area contributed by atoms with Gasteiger partial charge < -0.3 is 9.30 Å². The number of methoxy groups -OCH3 is 1. The summed E-state index contributed by atoms with van der Waals surface area (Å²) in [4.78, 5) is 18.7. The molecule has 0 amide bonds. The van der Waals surface area contributed by atoms with Gasteiger partial charge in [0.15, 0.2) is 5.78 Å². The van der Waals surface area contributed by atoms with Gasteiger partial charge in [0.1, 0.15) is 5.75 Å². The molecular formula is C18H23N3O2. The zero-order valence-electron chi connectivity index (χ0n) is 13.5. The van der Waals surface area contributed by atoms with E-state index in [-0.39, 0.29) is 5.78 Å². The van der Waals surface area contributed by atoms with E-state index in [0.717, 1.165) is 43.8 Å². The van der Waals surface area contributed by atoms with E-state index in [9.17, 15) is 4.79 Å². The molecule has 0 N–H and O–H groups in total. The number of ketones is 1. The van der Waals surface area contributed by atoms with Crippen molar-refractivity contribution < 1.29 is 9.53 Å². The summed E-state index contributed by atoms with van der Waals surface area (Å²) >= 11 is 0. The maximum atomic E-state index is 12.4. The van der Waals surface area contributed by atoms with Crippen molar-refractivity contribution >= 4 is 5.78 Å². The third-order valence-electron chi connectivity index (χ3n) is 4.51. The number of rotatable bonds is 6. The Bertz CT molecular complexity index is 614. The molecule has 0 atom stereocenters. The van der Waals surface area contributed by atoms with E-state index in [1.807, 2.05) is 43.0 Å². The molecule has 3 rings (SSSR count). The second kappa shape index (κ2) is 7.42. The molecule has 1 fully saturated rings. The molecule has 5 heteroatoms. The summed E-state index contributed by atoms with van der Waals surface area (Å²) in [6.45, 7) is 3.51. The number of hydrogen-bond donors (Lipinski definition) is 0. The molecule has 1 aliphatic heterocycles. The molecule has 5 nitrogen and oxygen atoms in total. The van der Waals surface area contributed by atoms with Crippen LogP contribution in [0, 0.1) is 5.92 Å². The van der Waals surface area contributed by atoms with Crippen molar-refractivity contribution in [2.24, 2.45) is 5.92 Å². The number of likely N-dealkylation sites (tertiary alicyclic amines) is 1. The van der Waals surface area contributed by atoms with Gasteiger partial charge in [-0.3, -0.25) is 9.69 Å². The molecule has 1 aliphatic rings. The van der Waals surface area contributed by atoms with E-state index in [1.165, 1.54) is 0 Å². The van der Waals surface area contributed by atoms with Crippen LogP contribution in [0.15, 0.2) is 43.0 Å². The fraction of sp³-hybridized carbons (Fsp3) is 0.444. The number of ether oxygens (including phenoxy) is 1. The fourth-order valence-corrected chi connectivity index (χ4v) is 3.09. The summed E-state index contributed by atoms with van der Waals surface area (Å²) in [5.74, 6) is 1.64. The Morgan fingerprint density at radius 1 is 1.26 bits per heavy atom. The quantitative estimate of drug-likeness (QED) is 0.769. The highest BCUT2D eigenvalue weighted by atomic mass is 16.5. The highest BCUT2D eigenvalue weighted by Crippen LogP contribution is 2.19. The van der Waals surface area contributed by atoms with Crippen LogP contribution in [0.3, 0.4) is 0 Å². The predicted molar refractivity (Wildman–Crippen MR) is 88.7 cm³/mol.